The zero-order valence-electron chi connectivity index (χ0n) is 14.1. The van der Waals surface area contributed by atoms with Crippen LogP contribution in [0.2, 0.25) is 0 Å². The third-order valence-corrected chi connectivity index (χ3v) is 3.47. The zero-order valence-corrected chi connectivity index (χ0v) is 14.1. The van der Waals surface area contributed by atoms with Gasteiger partial charge < -0.3 is 15.5 Å². The highest BCUT2D eigenvalue weighted by molar-refractivity contribution is 6.09. The van der Waals surface area contributed by atoms with Gasteiger partial charge in [-0.3, -0.25) is 9.59 Å². The van der Waals surface area contributed by atoms with Crippen molar-refractivity contribution in [1.82, 2.24) is 10.2 Å². The predicted molar refractivity (Wildman–Crippen MR) is 89.7 cm³/mol. The highest BCUT2D eigenvalue weighted by atomic mass is 16.2. The van der Waals surface area contributed by atoms with E-state index in [4.69, 9.17) is 5.26 Å². The van der Waals surface area contributed by atoms with Crippen LogP contribution in [0.25, 0.3) is 0 Å². The summed E-state index contributed by atoms with van der Waals surface area (Å²) in [5.41, 5.74) is -0.102. The van der Waals surface area contributed by atoms with Crippen LogP contribution in [0.5, 0.6) is 0 Å². The minimum absolute atomic E-state index is 0.303. The van der Waals surface area contributed by atoms with E-state index in [1.54, 1.807) is 38.1 Å². The Bertz CT molecular complexity index is 586. The van der Waals surface area contributed by atoms with Gasteiger partial charge in [-0.2, -0.15) is 5.26 Å². The van der Waals surface area contributed by atoms with Gasteiger partial charge in [0, 0.05) is 12.2 Å². The average molecular weight is 316 g/mol. The van der Waals surface area contributed by atoms with Crippen LogP contribution in [0, 0.1) is 16.7 Å². The molecule has 1 aromatic rings. The van der Waals surface area contributed by atoms with Crippen molar-refractivity contribution >= 4 is 17.5 Å². The Morgan fingerprint density at radius 2 is 1.78 bits per heavy atom. The first-order valence-corrected chi connectivity index (χ1v) is 7.52. The Labute approximate surface area is 137 Å². The molecule has 2 N–H and O–H groups in total. The Morgan fingerprint density at radius 1 is 1.17 bits per heavy atom. The smallest absolute Gasteiger partial charge is 0.239 e. The summed E-state index contributed by atoms with van der Waals surface area (Å²) in [6, 6.07) is 8.52. The molecule has 0 radical (unpaired) electrons. The molecule has 124 valence electrons. The summed E-state index contributed by atoms with van der Waals surface area (Å²) >= 11 is 0. The maximum absolute atomic E-state index is 12.3. The topological polar surface area (TPSA) is 85.2 Å². The Morgan fingerprint density at radius 3 is 2.30 bits per heavy atom. The van der Waals surface area contributed by atoms with Crippen molar-refractivity contribution in [2.24, 2.45) is 5.41 Å². The van der Waals surface area contributed by atoms with Gasteiger partial charge in [0.05, 0.1) is 11.6 Å². The number of hydrogen-bond acceptors (Lipinski definition) is 4. The first kappa shape index (κ1) is 18.7. The van der Waals surface area contributed by atoms with E-state index >= 15 is 0 Å². The van der Waals surface area contributed by atoms with Crippen LogP contribution >= 0.6 is 0 Å². The Kier molecular flexibility index (Phi) is 6.73. The molecule has 0 fully saturated rings. The molecule has 0 spiro atoms. The maximum atomic E-state index is 12.3. The van der Waals surface area contributed by atoms with E-state index in [0.29, 0.717) is 17.8 Å². The van der Waals surface area contributed by atoms with Crippen molar-refractivity contribution in [2.45, 2.75) is 20.3 Å². The third-order valence-electron chi connectivity index (χ3n) is 3.47. The molecule has 23 heavy (non-hydrogen) atoms. The molecule has 0 saturated carbocycles. The molecule has 2 amide bonds. The van der Waals surface area contributed by atoms with Crippen LogP contribution in [-0.4, -0.2) is 43.9 Å². The lowest BCUT2D eigenvalue weighted by atomic mass is 9.91. The molecule has 1 aromatic carbocycles. The third kappa shape index (κ3) is 5.72. The molecule has 0 aliphatic rings. The summed E-state index contributed by atoms with van der Waals surface area (Å²) in [6.45, 7) is 4.59. The molecule has 0 atom stereocenters. The van der Waals surface area contributed by atoms with Gasteiger partial charge in [-0.25, -0.2) is 0 Å². The summed E-state index contributed by atoms with van der Waals surface area (Å²) in [5, 5.41) is 14.3. The fourth-order valence-electron chi connectivity index (χ4n) is 1.84. The maximum Gasteiger partial charge on any atom is 0.239 e. The van der Waals surface area contributed by atoms with E-state index in [0.717, 1.165) is 13.0 Å². The minimum atomic E-state index is -1.17. The second-order valence-corrected chi connectivity index (χ2v) is 6.18. The van der Waals surface area contributed by atoms with E-state index in [1.165, 1.54) is 0 Å². The average Bonchev–Trinajstić information content (AvgIpc) is 2.51. The molecular formula is C17H24N4O2. The van der Waals surface area contributed by atoms with Crippen molar-refractivity contribution in [3.8, 4) is 6.07 Å². The SMILES string of the molecule is CN(C)CCCNC(=O)C(C)(C)C(=O)Nc1ccc(C#N)cc1. The summed E-state index contributed by atoms with van der Waals surface area (Å²) < 4.78 is 0. The lowest BCUT2D eigenvalue weighted by molar-refractivity contribution is -0.138. The van der Waals surface area contributed by atoms with Crippen LogP contribution < -0.4 is 10.6 Å². The first-order valence-electron chi connectivity index (χ1n) is 7.52. The molecule has 0 bridgehead atoms. The van der Waals surface area contributed by atoms with Gasteiger partial charge >= 0.3 is 0 Å². The molecule has 0 unspecified atom stereocenters. The van der Waals surface area contributed by atoms with Crippen molar-refractivity contribution in [3.63, 3.8) is 0 Å². The number of nitriles is 1. The zero-order chi connectivity index (χ0) is 17.5. The molecule has 0 aliphatic heterocycles. The molecule has 6 heteroatoms. The lowest BCUT2D eigenvalue weighted by Crippen LogP contribution is -2.45. The molecule has 6 nitrogen and oxygen atoms in total. The van der Waals surface area contributed by atoms with Crippen LogP contribution in [0.15, 0.2) is 24.3 Å². The number of carbonyl (C=O) groups is 2. The highest BCUT2D eigenvalue weighted by Crippen LogP contribution is 2.19. The standard InChI is InChI=1S/C17H24N4O2/c1-17(2,15(22)19-10-5-11-21(3)4)16(23)20-14-8-6-13(12-18)7-9-14/h6-9H,5,10-11H2,1-4H3,(H,19,22)(H,20,23). The van der Waals surface area contributed by atoms with Crippen molar-refractivity contribution in [3.05, 3.63) is 29.8 Å². The van der Waals surface area contributed by atoms with E-state index in [1.807, 2.05) is 25.1 Å². The van der Waals surface area contributed by atoms with Gasteiger partial charge in [-0.05, 0) is 65.2 Å². The predicted octanol–water partition coefficient (Wildman–Crippen LogP) is 1.59. The minimum Gasteiger partial charge on any atom is -0.355 e. The number of benzene rings is 1. The van der Waals surface area contributed by atoms with Gasteiger partial charge in [0.1, 0.15) is 5.41 Å². The summed E-state index contributed by atoms with van der Waals surface area (Å²) in [4.78, 5) is 26.6. The van der Waals surface area contributed by atoms with Gasteiger partial charge in [-0.1, -0.05) is 0 Å². The molecular weight excluding hydrogens is 292 g/mol. The van der Waals surface area contributed by atoms with E-state index in [-0.39, 0.29) is 11.8 Å². The molecule has 0 saturated heterocycles. The Balaban J connectivity index is 2.57. The number of anilines is 1. The number of carbonyl (C=O) groups excluding carboxylic acids is 2. The van der Waals surface area contributed by atoms with E-state index in [2.05, 4.69) is 10.6 Å². The largest absolute Gasteiger partial charge is 0.355 e. The first-order chi connectivity index (χ1) is 10.8. The quantitative estimate of drug-likeness (QED) is 0.591. The highest BCUT2D eigenvalue weighted by Gasteiger charge is 2.35. The fraction of sp³-hybridized carbons (Fsp3) is 0.471. The molecule has 1 rings (SSSR count). The normalized spacial score (nSPS) is 11.0. The van der Waals surface area contributed by atoms with Gasteiger partial charge in [-0.15, -0.1) is 0 Å². The lowest BCUT2D eigenvalue weighted by Gasteiger charge is -2.23. The van der Waals surface area contributed by atoms with Crippen molar-refractivity contribution < 1.29 is 9.59 Å². The number of nitrogens with zero attached hydrogens (tertiary/aromatic N) is 2. The number of rotatable bonds is 7. The van der Waals surface area contributed by atoms with E-state index < -0.39 is 5.41 Å². The number of hydrogen-bond donors (Lipinski definition) is 2. The summed E-state index contributed by atoms with van der Waals surface area (Å²) in [5.74, 6) is -0.685. The fourth-order valence-corrected chi connectivity index (χ4v) is 1.84. The second kappa shape index (κ2) is 8.30. The van der Waals surface area contributed by atoms with E-state index in [9.17, 15) is 9.59 Å². The van der Waals surface area contributed by atoms with Gasteiger partial charge in [0.15, 0.2) is 0 Å². The molecule has 0 aromatic heterocycles. The molecule has 0 aliphatic carbocycles. The van der Waals surface area contributed by atoms with Crippen molar-refractivity contribution in [1.29, 1.82) is 5.26 Å². The molecule has 0 heterocycles. The number of nitrogens with one attached hydrogen (secondary N) is 2. The van der Waals surface area contributed by atoms with Gasteiger partial charge in [0.2, 0.25) is 11.8 Å². The van der Waals surface area contributed by atoms with Crippen LogP contribution in [-0.2, 0) is 9.59 Å². The Hall–Kier alpha value is -2.39. The van der Waals surface area contributed by atoms with Crippen LogP contribution in [0.3, 0.4) is 0 Å². The van der Waals surface area contributed by atoms with Crippen molar-refractivity contribution in [2.75, 3.05) is 32.5 Å². The van der Waals surface area contributed by atoms with Crippen LogP contribution in [0.4, 0.5) is 5.69 Å². The summed E-state index contributed by atoms with van der Waals surface area (Å²) in [7, 11) is 3.94. The monoisotopic (exact) mass is 316 g/mol. The van der Waals surface area contributed by atoms with Crippen LogP contribution in [0.1, 0.15) is 25.8 Å². The number of amides is 2. The van der Waals surface area contributed by atoms with Gasteiger partial charge in [0.25, 0.3) is 0 Å². The summed E-state index contributed by atoms with van der Waals surface area (Å²) in [6.07, 6.45) is 0.825. The second-order valence-electron chi connectivity index (χ2n) is 6.18.